The molecule has 2 aromatic rings. The largest absolute Gasteiger partial charge is 0.350 e. The van der Waals surface area contributed by atoms with Gasteiger partial charge in [0.05, 0.1) is 12.2 Å². The highest BCUT2D eigenvalue weighted by molar-refractivity contribution is 5.75. The van der Waals surface area contributed by atoms with Crippen LogP contribution in [-0.2, 0) is 11.3 Å². The van der Waals surface area contributed by atoms with Gasteiger partial charge in [-0.1, -0.05) is 6.07 Å². The van der Waals surface area contributed by atoms with Crippen LogP contribution in [0.3, 0.4) is 0 Å². The van der Waals surface area contributed by atoms with Crippen LogP contribution in [0.4, 0.5) is 0 Å². The van der Waals surface area contributed by atoms with Gasteiger partial charge in [0.25, 0.3) is 0 Å². The number of hydrogen-bond acceptors (Lipinski definition) is 3. The lowest BCUT2D eigenvalue weighted by Crippen LogP contribution is -2.25. The molecule has 0 aliphatic heterocycles. The van der Waals surface area contributed by atoms with Crippen LogP contribution in [-0.4, -0.2) is 21.3 Å². The van der Waals surface area contributed by atoms with Gasteiger partial charge in [-0.05, 0) is 31.9 Å². The molecule has 0 aromatic carbocycles. The number of rotatable bonds is 5. The van der Waals surface area contributed by atoms with E-state index in [9.17, 15) is 4.79 Å². The van der Waals surface area contributed by atoms with Crippen molar-refractivity contribution in [3.05, 3.63) is 35.8 Å². The van der Waals surface area contributed by atoms with E-state index in [1.54, 1.807) is 0 Å². The molecule has 102 valence electrons. The van der Waals surface area contributed by atoms with Gasteiger partial charge in [0.1, 0.15) is 5.65 Å². The Morgan fingerprint density at radius 3 is 3.05 bits per heavy atom. The summed E-state index contributed by atoms with van der Waals surface area (Å²) in [4.78, 5) is 16.1. The van der Waals surface area contributed by atoms with E-state index in [2.05, 4.69) is 10.3 Å². The Balaban J connectivity index is 1.95. The average molecular weight is 260 g/mol. The standard InChI is InChI=1S/C14H20N4O/c1-10-4-3-7-18-9-12(17-14(10)18)8-16-13(19)6-5-11(2)15/h3-4,7,9,11H,5-6,8,15H2,1-2H3,(H,16,19). The second-order valence-electron chi connectivity index (χ2n) is 4.95. The van der Waals surface area contributed by atoms with Gasteiger partial charge in [-0.15, -0.1) is 0 Å². The number of nitrogens with zero attached hydrogens (tertiary/aromatic N) is 2. The molecule has 0 bridgehead atoms. The van der Waals surface area contributed by atoms with E-state index in [1.807, 2.05) is 42.8 Å². The molecule has 0 saturated carbocycles. The lowest BCUT2D eigenvalue weighted by atomic mass is 10.2. The van der Waals surface area contributed by atoms with Crippen LogP contribution in [0.2, 0.25) is 0 Å². The number of aryl methyl sites for hydroxylation is 1. The zero-order valence-electron chi connectivity index (χ0n) is 11.4. The molecule has 2 aromatic heterocycles. The maximum Gasteiger partial charge on any atom is 0.220 e. The van der Waals surface area contributed by atoms with Crippen LogP contribution in [0.5, 0.6) is 0 Å². The molecule has 3 N–H and O–H groups in total. The predicted octanol–water partition coefficient (Wildman–Crippen LogP) is 1.39. The quantitative estimate of drug-likeness (QED) is 0.853. The van der Waals surface area contributed by atoms with Gasteiger partial charge in [0, 0.05) is 24.9 Å². The highest BCUT2D eigenvalue weighted by Gasteiger charge is 2.06. The zero-order valence-corrected chi connectivity index (χ0v) is 11.4. The first-order valence-electron chi connectivity index (χ1n) is 6.51. The predicted molar refractivity (Wildman–Crippen MR) is 74.7 cm³/mol. The molecular formula is C14H20N4O. The summed E-state index contributed by atoms with van der Waals surface area (Å²) < 4.78 is 1.97. The average Bonchev–Trinajstić information content (AvgIpc) is 2.78. The topological polar surface area (TPSA) is 72.4 Å². The molecule has 1 atom stereocenters. The van der Waals surface area contributed by atoms with E-state index in [1.165, 1.54) is 0 Å². The third kappa shape index (κ3) is 3.54. The van der Waals surface area contributed by atoms with Crippen molar-refractivity contribution in [2.45, 2.75) is 39.3 Å². The Kier molecular flexibility index (Phi) is 4.16. The van der Waals surface area contributed by atoms with Crippen molar-refractivity contribution in [2.24, 2.45) is 5.73 Å². The molecule has 2 rings (SSSR count). The van der Waals surface area contributed by atoms with E-state index >= 15 is 0 Å². The first-order chi connectivity index (χ1) is 9.06. The molecule has 0 saturated heterocycles. The SMILES string of the molecule is Cc1cccn2cc(CNC(=O)CCC(C)N)nc12. The van der Waals surface area contributed by atoms with Crippen LogP contribution in [0, 0.1) is 6.92 Å². The van der Waals surface area contributed by atoms with Crippen molar-refractivity contribution in [2.75, 3.05) is 0 Å². The number of aromatic nitrogens is 2. The van der Waals surface area contributed by atoms with E-state index in [0.717, 1.165) is 16.9 Å². The third-order valence-corrected chi connectivity index (χ3v) is 3.02. The van der Waals surface area contributed by atoms with Crippen LogP contribution >= 0.6 is 0 Å². The molecule has 0 spiro atoms. The van der Waals surface area contributed by atoms with E-state index in [4.69, 9.17) is 5.73 Å². The van der Waals surface area contributed by atoms with Gasteiger partial charge in [0.15, 0.2) is 0 Å². The van der Waals surface area contributed by atoms with Crippen LogP contribution < -0.4 is 11.1 Å². The van der Waals surface area contributed by atoms with Gasteiger partial charge in [-0.2, -0.15) is 0 Å². The van der Waals surface area contributed by atoms with E-state index in [-0.39, 0.29) is 11.9 Å². The zero-order chi connectivity index (χ0) is 13.8. The fourth-order valence-corrected chi connectivity index (χ4v) is 1.93. The summed E-state index contributed by atoms with van der Waals surface area (Å²) >= 11 is 0. The summed E-state index contributed by atoms with van der Waals surface area (Å²) in [5.74, 6) is 0.0195. The number of fused-ring (bicyclic) bond motifs is 1. The number of imidazole rings is 1. The lowest BCUT2D eigenvalue weighted by molar-refractivity contribution is -0.121. The molecular weight excluding hydrogens is 240 g/mol. The third-order valence-electron chi connectivity index (χ3n) is 3.02. The van der Waals surface area contributed by atoms with Gasteiger partial charge in [0.2, 0.25) is 5.91 Å². The highest BCUT2D eigenvalue weighted by Crippen LogP contribution is 2.09. The molecule has 1 unspecified atom stereocenters. The minimum atomic E-state index is 0.0195. The van der Waals surface area contributed by atoms with Crippen LogP contribution in [0.15, 0.2) is 24.5 Å². The maximum atomic E-state index is 11.6. The molecule has 0 fully saturated rings. The Bertz CT molecular complexity index is 574. The lowest BCUT2D eigenvalue weighted by Gasteiger charge is -2.05. The van der Waals surface area contributed by atoms with Gasteiger partial charge < -0.3 is 15.5 Å². The molecule has 2 heterocycles. The first-order valence-corrected chi connectivity index (χ1v) is 6.51. The summed E-state index contributed by atoms with van der Waals surface area (Å²) in [6, 6.07) is 4.06. The summed E-state index contributed by atoms with van der Waals surface area (Å²) in [6.45, 7) is 4.38. The fraction of sp³-hybridized carbons (Fsp3) is 0.429. The van der Waals surface area contributed by atoms with Gasteiger partial charge in [-0.25, -0.2) is 4.98 Å². The second-order valence-corrected chi connectivity index (χ2v) is 4.95. The molecule has 1 amide bonds. The van der Waals surface area contributed by atoms with Crippen molar-refractivity contribution in [1.29, 1.82) is 0 Å². The van der Waals surface area contributed by atoms with Gasteiger partial charge in [-0.3, -0.25) is 4.79 Å². The summed E-state index contributed by atoms with van der Waals surface area (Å²) in [7, 11) is 0. The van der Waals surface area contributed by atoms with E-state index in [0.29, 0.717) is 19.4 Å². The Morgan fingerprint density at radius 2 is 2.37 bits per heavy atom. The normalized spacial score (nSPS) is 12.6. The maximum absolute atomic E-state index is 11.6. The van der Waals surface area contributed by atoms with Crippen molar-refractivity contribution in [1.82, 2.24) is 14.7 Å². The molecule has 0 aliphatic rings. The minimum absolute atomic E-state index is 0.0195. The monoisotopic (exact) mass is 260 g/mol. The second kappa shape index (κ2) is 5.84. The molecule has 19 heavy (non-hydrogen) atoms. The number of carbonyl (C=O) groups excluding carboxylic acids is 1. The van der Waals surface area contributed by atoms with Crippen molar-refractivity contribution >= 4 is 11.6 Å². The number of nitrogens with two attached hydrogens (primary N) is 1. The van der Waals surface area contributed by atoms with Gasteiger partial charge >= 0.3 is 0 Å². The van der Waals surface area contributed by atoms with Crippen LogP contribution in [0.1, 0.15) is 31.0 Å². The van der Waals surface area contributed by atoms with E-state index < -0.39 is 0 Å². The van der Waals surface area contributed by atoms with Crippen LogP contribution in [0.25, 0.3) is 5.65 Å². The van der Waals surface area contributed by atoms with Crippen molar-refractivity contribution in [3.8, 4) is 0 Å². The van der Waals surface area contributed by atoms with Crippen molar-refractivity contribution in [3.63, 3.8) is 0 Å². The first kappa shape index (κ1) is 13.5. The summed E-state index contributed by atoms with van der Waals surface area (Å²) in [5, 5.41) is 2.86. The Hall–Kier alpha value is -1.88. The number of carbonyl (C=O) groups is 1. The Labute approximate surface area is 112 Å². The summed E-state index contributed by atoms with van der Waals surface area (Å²) in [6.07, 6.45) is 5.06. The molecule has 0 aliphatic carbocycles. The number of amides is 1. The molecule has 5 nitrogen and oxygen atoms in total. The minimum Gasteiger partial charge on any atom is -0.350 e. The highest BCUT2D eigenvalue weighted by atomic mass is 16.1. The molecule has 5 heteroatoms. The summed E-state index contributed by atoms with van der Waals surface area (Å²) in [5.41, 5.74) is 8.54. The smallest absolute Gasteiger partial charge is 0.220 e. The number of nitrogens with one attached hydrogen (secondary N) is 1. The van der Waals surface area contributed by atoms with Crippen molar-refractivity contribution < 1.29 is 4.79 Å². The fourth-order valence-electron chi connectivity index (χ4n) is 1.93. The number of hydrogen-bond donors (Lipinski definition) is 2. The molecule has 0 radical (unpaired) electrons. The Morgan fingerprint density at radius 1 is 1.58 bits per heavy atom. The number of pyridine rings is 1.